The van der Waals surface area contributed by atoms with Crippen LogP contribution < -0.4 is 5.73 Å². The van der Waals surface area contributed by atoms with Gasteiger partial charge in [-0.1, -0.05) is 5.21 Å². The van der Waals surface area contributed by atoms with Crippen molar-refractivity contribution < 1.29 is 0 Å². The number of nitrogens with two attached hydrogens (primary N) is 1. The molecule has 2 rings (SSSR count). The Morgan fingerprint density at radius 2 is 2.36 bits per heavy atom. The minimum atomic E-state index is 0.427. The number of aromatic nitrogens is 4. The molecule has 0 saturated carbocycles. The van der Waals surface area contributed by atoms with Crippen LogP contribution in [-0.4, -0.2) is 20.0 Å². The summed E-state index contributed by atoms with van der Waals surface area (Å²) in [6.45, 7) is 3.08. The van der Waals surface area contributed by atoms with Crippen molar-refractivity contribution in [3.63, 3.8) is 0 Å². The van der Waals surface area contributed by atoms with Gasteiger partial charge in [0.25, 0.3) is 0 Å². The van der Waals surface area contributed by atoms with E-state index in [1.54, 1.807) is 16.0 Å². The van der Waals surface area contributed by atoms with Crippen LogP contribution in [0.5, 0.6) is 0 Å². The lowest BCUT2D eigenvalue weighted by molar-refractivity contribution is 0.640. The molecule has 0 aliphatic rings. The largest absolute Gasteiger partial charge is 0.325 e. The molecular weight excluding hydrogens is 198 g/mol. The predicted octanol–water partition coefficient (Wildman–Crippen LogP) is 0.550. The number of rotatable bonds is 3. The van der Waals surface area contributed by atoms with Gasteiger partial charge >= 0.3 is 0 Å². The van der Waals surface area contributed by atoms with Gasteiger partial charge in [0.2, 0.25) is 0 Å². The molecule has 0 spiro atoms. The second-order valence-corrected chi connectivity index (χ2v) is 4.03. The van der Waals surface area contributed by atoms with Gasteiger partial charge in [0, 0.05) is 11.9 Å². The summed E-state index contributed by atoms with van der Waals surface area (Å²) in [5.74, 6) is 0. The molecule has 0 amide bonds. The monoisotopic (exact) mass is 209 g/mol. The maximum absolute atomic E-state index is 5.43. The van der Waals surface area contributed by atoms with E-state index >= 15 is 0 Å². The molecule has 74 valence electrons. The zero-order valence-corrected chi connectivity index (χ0v) is 8.66. The van der Waals surface area contributed by atoms with Crippen LogP contribution in [0.15, 0.2) is 11.6 Å². The molecule has 0 atom stereocenters. The molecule has 2 N–H and O–H groups in total. The lowest BCUT2D eigenvalue weighted by Crippen LogP contribution is -2.00. The second-order valence-electron chi connectivity index (χ2n) is 2.97. The standard InChI is InChI=1S/C8H11N5S/c1-6-10-8(5-14-6)4-13-3-7(2-9)11-12-13/h3,5H,2,4,9H2,1H3. The van der Waals surface area contributed by atoms with Gasteiger partial charge in [-0.15, -0.1) is 16.4 Å². The Kier molecular flexibility index (Phi) is 2.55. The summed E-state index contributed by atoms with van der Waals surface area (Å²) in [7, 11) is 0. The molecule has 2 heterocycles. The molecule has 0 radical (unpaired) electrons. The summed E-state index contributed by atoms with van der Waals surface area (Å²) < 4.78 is 1.75. The molecule has 0 aromatic carbocycles. The molecule has 14 heavy (non-hydrogen) atoms. The highest BCUT2D eigenvalue weighted by molar-refractivity contribution is 7.09. The van der Waals surface area contributed by atoms with Crippen LogP contribution in [0.4, 0.5) is 0 Å². The van der Waals surface area contributed by atoms with Gasteiger partial charge < -0.3 is 5.73 Å². The van der Waals surface area contributed by atoms with E-state index < -0.39 is 0 Å². The Morgan fingerprint density at radius 1 is 1.50 bits per heavy atom. The highest BCUT2D eigenvalue weighted by atomic mass is 32.1. The van der Waals surface area contributed by atoms with Gasteiger partial charge in [-0.3, -0.25) is 0 Å². The smallest absolute Gasteiger partial charge is 0.0962 e. The third-order valence-corrected chi connectivity index (χ3v) is 2.61. The third kappa shape index (κ3) is 1.97. The summed E-state index contributed by atoms with van der Waals surface area (Å²) >= 11 is 1.64. The Balaban J connectivity index is 2.10. The quantitative estimate of drug-likeness (QED) is 0.801. The first-order valence-electron chi connectivity index (χ1n) is 4.28. The maximum atomic E-state index is 5.43. The molecule has 0 unspecified atom stereocenters. The first-order valence-corrected chi connectivity index (χ1v) is 5.16. The molecule has 0 saturated heterocycles. The van der Waals surface area contributed by atoms with Crippen LogP contribution in [0.3, 0.4) is 0 Å². The average Bonchev–Trinajstić information content (AvgIpc) is 2.76. The Morgan fingerprint density at radius 3 is 2.93 bits per heavy atom. The van der Waals surface area contributed by atoms with Gasteiger partial charge in [-0.2, -0.15) is 0 Å². The third-order valence-electron chi connectivity index (χ3n) is 1.79. The molecule has 0 aliphatic carbocycles. The van der Waals surface area contributed by atoms with Crippen molar-refractivity contribution in [2.75, 3.05) is 0 Å². The molecule has 0 aliphatic heterocycles. The van der Waals surface area contributed by atoms with Crippen molar-refractivity contribution in [1.82, 2.24) is 20.0 Å². The molecule has 2 aromatic rings. The van der Waals surface area contributed by atoms with E-state index in [2.05, 4.69) is 15.3 Å². The van der Waals surface area contributed by atoms with Crippen molar-refractivity contribution in [3.8, 4) is 0 Å². The number of nitrogens with zero attached hydrogens (tertiary/aromatic N) is 4. The lowest BCUT2D eigenvalue weighted by atomic mass is 10.4. The highest BCUT2D eigenvalue weighted by Crippen LogP contribution is 2.08. The fraction of sp³-hybridized carbons (Fsp3) is 0.375. The van der Waals surface area contributed by atoms with E-state index in [-0.39, 0.29) is 0 Å². The van der Waals surface area contributed by atoms with E-state index in [0.29, 0.717) is 13.1 Å². The van der Waals surface area contributed by atoms with Crippen molar-refractivity contribution in [3.05, 3.63) is 28.0 Å². The number of aryl methyl sites for hydroxylation is 1. The average molecular weight is 209 g/mol. The molecule has 0 fully saturated rings. The van der Waals surface area contributed by atoms with Crippen LogP contribution >= 0.6 is 11.3 Å². The van der Waals surface area contributed by atoms with Crippen molar-refractivity contribution in [1.29, 1.82) is 0 Å². The van der Waals surface area contributed by atoms with Gasteiger partial charge in [-0.25, -0.2) is 9.67 Å². The van der Waals surface area contributed by atoms with Gasteiger partial charge in [-0.05, 0) is 6.92 Å². The Labute approximate surface area is 85.6 Å². The van der Waals surface area contributed by atoms with Gasteiger partial charge in [0.15, 0.2) is 0 Å². The first-order chi connectivity index (χ1) is 6.78. The topological polar surface area (TPSA) is 69.6 Å². The van der Waals surface area contributed by atoms with Crippen LogP contribution in [-0.2, 0) is 13.1 Å². The van der Waals surface area contributed by atoms with Gasteiger partial charge in [0.1, 0.15) is 0 Å². The summed E-state index contributed by atoms with van der Waals surface area (Å²) in [5, 5.41) is 10.9. The SMILES string of the molecule is Cc1nc(Cn2cc(CN)nn2)cs1. The Bertz CT molecular complexity index is 419. The highest BCUT2D eigenvalue weighted by Gasteiger charge is 2.02. The maximum Gasteiger partial charge on any atom is 0.0962 e. The van der Waals surface area contributed by atoms with Crippen LogP contribution in [0.1, 0.15) is 16.4 Å². The predicted molar refractivity (Wildman–Crippen MR) is 53.9 cm³/mol. The summed E-state index contributed by atoms with van der Waals surface area (Å²) in [6, 6.07) is 0. The molecular formula is C8H11N5S. The van der Waals surface area contributed by atoms with E-state index in [9.17, 15) is 0 Å². The molecule has 6 heteroatoms. The number of thiazole rings is 1. The molecule has 0 bridgehead atoms. The summed E-state index contributed by atoms with van der Waals surface area (Å²) in [4.78, 5) is 4.34. The number of hydrogen-bond acceptors (Lipinski definition) is 5. The van der Waals surface area contributed by atoms with Crippen LogP contribution in [0.2, 0.25) is 0 Å². The summed E-state index contributed by atoms with van der Waals surface area (Å²) in [6.07, 6.45) is 1.84. The van der Waals surface area contributed by atoms with E-state index in [1.165, 1.54) is 0 Å². The Hall–Kier alpha value is -1.27. The zero-order valence-electron chi connectivity index (χ0n) is 7.84. The second kappa shape index (κ2) is 3.85. The minimum Gasteiger partial charge on any atom is -0.325 e. The van der Waals surface area contributed by atoms with E-state index in [4.69, 9.17) is 5.73 Å². The summed E-state index contributed by atoms with van der Waals surface area (Å²) in [5.41, 5.74) is 7.25. The zero-order chi connectivity index (χ0) is 9.97. The van der Waals surface area contributed by atoms with Crippen molar-refractivity contribution >= 4 is 11.3 Å². The van der Waals surface area contributed by atoms with E-state index in [1.807, 2.05) is 18.5 Å². The minimum absolute atomic E-state index is 0.427. The molecule has 5 nitrogen and oxygen atoms in total. The first kappa shape index (κ1) is 9.29. The van der Waals surface area contributed by atoms with Crippen LogP contribution in [0.25, 0.3) is 0 Å². The fourth-order valence-corrected chi connectivity index (χ4v) is 1.76. The molecule has 2 aromatic heterocycles. The fourth-order valence-electron chi connectivity index (χ4n) is 1.16. The van der Waals surface area contributed by atoms with Crippen molar-refractivity contribution in [2.45, 2.75) is 20.0 Å². The van der Waals surface area contributed by atoms with E-state index in [0.717, 1.165) is 16.4 Å². The lowest BCUT2D eigenvalue weighted by Gasteiger charge is -1.94. The normalized spacial score (nSPS) is 10.7. The van der Waals surface area contributed by atoms with Gasteiger partial charge in [0.05, 0.1) is 29.1 Å². The van der Waals surface area contributed by atoms with Crippen LogP contribution in [0, 0.1) is 6.92 Å². The number of hydrogen-bond donors (Lipinski definition) is 1. The van der Waals surface area contributed by atoms with Crippen molar-refractivity contribution in [2.24, 2.45) is 5.73 Å².